The molecule has 4 nitrogen and oxygen atoms in total. The summed E-state index contributed by atoms with van der Waals surface area (Å²) in [7, 11) is -4.05. The van der Waals surface area contributed by atoms with Crippen LogP contribution in [-0.4, -0.2) is 17.1 Å². The Balaban J connectivity index is 1.38. The fourth-order valence-electron chi connectivity index (χ4n) is 3.59. The Morgan fingerprint density at radius 1 is 0.739 bits per heavy atom. The first-order valence-electron chi connectivity index (χ1n) is 7.92. The van der Waals surface area contributed by atoms with E-state index in [4.69, 9.17) is 9.05 Å². The Bertz CT molecular complexity index is 662. The number of rotatable bonds is 4. The minimum Gasteiger partial charge on any atom is -0.302 e. The average Bonchev–Trinajstić information content (AvgIpc) is 3.07. The van der Waals surface area contributed by atoms with E-state index in [1.165, 1.54) is 22.3 Å². The van der Waals surface area contributed by atoms with Gasteiger partial charge in [-0.1, -0.05) is 48.5 Å². The first kappa shape index (κ1) is 15.1. The van der Waals surface area contributed by atoms with E-state index in [-0.39, 0.29) is 12.2 Å². The van der Waals surface area contributed by atoms with Crippen LogP contribution in [0.5, 0.6) is 0 Å². The number of hydrogen-bond donors (Lipinski definition) is 1. The quantitative estimate of drug-likeness (QED) is 0.873. The van der Waals surface area contributed by atoms with Crippen molar-refractivity contribution < 1.29 is 18.5 Å². The first-order chi connectivity index (χ1) is 11.1. The van der Waals surface area contributed by atoms with Crippen molar-refractivity contribution in [1.29, 1.82) is 0 Å². The molecule has 4 rings (SSSR count). The highest BCUT2D eigenvalue weighted by atomic mass is 31.2. The van der Waals surface area contributed by atoms with Crippen molar-refractivity contribution in [2.75, 3.05) is 0 Å². The third-order valence-electron chi connectivity index (χ3n) is 4.59. The van der Waals surface area contributed by atoms with Gasteiger partial charge in [-0.25, -0.2) is 4.57 Å². The van der Waals surface area contributed by atoms with Gasteiger partial charge in [0.05, 0.1) is 12.2 Å². The first-order valence-corrected chi connectivity index (χ1v) is 9.42. The molecule has 5 heteroatoms. The summed E-state index contributed by atoms with van der Waals surface area (Å²) in [5.41, 5.74) is 4.74. The zero-order valence-corrected chi connectivity index (χ0v) is 13.6. The zero-order valence-electron chi connectivity index (χ0n) is 12.7. The minimum absolute atomic E-state index is 0.285. The molecule has 2 aliphatic rings. The molecule has 0 spiro atoms. The standard InChI is InChI=1S/C18H19O4P/c19-23(20,21-17-9-13-5-1-2-6-14(13)10-17)22-18-11-15-7-3-4-8-16(15)12-18/h1-8,17-18H,9-12H2,(H,19,20). The molecule has 2 aliphatic carbocycles. The van der Waals surface area contributed by atoms with Crippen molar-refractivity contribution in [2.45, 2.75) is 37.9 Å². The molecular weight excluding hydrogens is 311 g/mol. The SMILES string of the molecule is O=P(O)(OC1Cc2ccccc2C1)OC1Cc2ccccc2C1. The van der Waals surface area contributed by atoms with Crippen LogP contribution in [0.25, 0.3) is 0 Å². The zero-order chi connectivity index (χ0) is 15.9. The van der Waals surface area contributed by atoms with E-state index in [1.807, 2.05) is 48.5 Å². The molecule has 0 amide bonds. The molecule has 2 aromatic rings. The Labute approximate surface area is 135 Å². The van der Waals surface area contributed by atoms with Crippen molar-refractivity contribution in [1.82, 2.24) is 0 Å². The minimum atomic E-state index is -4.05. The van der Waals surface area contributed by atoms with Gasteiger partial charge >= 0.3 is 7.82 Å². The predicted octanol–water partition coefficient (Wildman–Crippen LogP) is 3.45. The lowest BCUT2D eigenvalue weighted by Gasteiger charge is -2.19. The van der Waals surface area contributed by atoms with E-state index in [0.717, 1.165) is 0 Å². The lowest BCUT2D eigenvalue weighted by atomic mass is 10.1. The van der Waals surface area contributed by atoms with Crippen LogP contribution >= 0.6 is 7.82 Å². The van der Waals surface area contributed by atoms with Crippen molar-refractivity contribution in [3.8, 4) is 0 Å². The van der Waals surface area contributed by atoms with Crippen molar-refractivity contribution in [3.63, 3.8) is 0 Å². The van der Waals surface area contributed by atoms with Gasteiger partial charge in [0.25, 0.3) is 0 Å². The van der Waals surface area contributed by atoms with Crippen LogP contribution < -0.4 is 0 Å². The largest absolute Gasteiger partial charge is 0.472 e. The highest BCUT2D eigenvalue weighted by Gasteiger charge is 2.35. The second-order valence-electron chi connectivity index (χ2n) is 6.28. The molecule has 0 aliphatic heterocycles. The Morgan fingerprint density at radius 2 is 1.04 bits per heavy atom. The molecule has 0 unspecified atom stereocenters. The number of benzene rings is 2. The summed E-state index contributed by atoms with van der Waals surface area (Å²) in [5, 5.41) is 0. The van der Waals surface area contributed by atoms with Gasteiger partial charge in [-0.05, 0) is 47.9 Å². The highest BCUT2D eigenvalue weighted by Crippen LogP contribution is 2.49. The molecule has 2 aromatic carbocycles. The lowest BCUT2D eigenvalue weighted by Crippen LogP contribution is -2.17. The maximum absolute atomic E-state index is 12.3. The molecule has 0 fully saturated rings. The summed E-state index contributed by atoms with van der Waals surface area (Å²) < 4.78 is 23.2. The molecule has 0 saturated carbocycles. The summed E-state index contributed by atoms with van der Waals surface area (Å²) in [4.78, 5) is 10.1. The predicted molar refractivity (Wildman–Crippen MR) is 87.3 cm³/mol. The van der Waals surface area contributed by atoms with E-state index in [2.05, 4.69) is 0 Å². The second-order valence-corrected chi connectivity index (χ2v) is 7.64. The van der Waals surface area contributed by atoms with Gasteiger partial charge < -0.3 is 4.89 Å². The number of phosphoric ester groups is 1. The van der Waals surface area contributed by atoms with Crippen LogP contribution in [0.15, 0.2) is 48.5 Å². The summed E-state index contributed by atoms with van der Waals surface area (Å²) in [6.45, 7) is 0. The molecule has 0 aromatic heterocycles. The molecule has 0 bridgehead atoms. The molecule has 0 saturated heterocycles. The molecule has 23 heavy (non-hydrogen) atoms. The van der Waals surface area contributed by atoms with E-state index >= 15 is 0 Å². The van der Waals surface area contributed by atoms with Crippen LogP contribution in [0, 0.1) is 0 Å². The van der Waals surface area contributed by atoms with Gasteiger partial charge in [-0.2, -0.15) is 0 Å². The highest BCUT2D eigenvalue weighted by molar-refractivity contribution is 7.47. The topological polar surface area (TPSA) is 55.8 Å². The van der Waals surface area contributed by atoms with Crippen molar-refractivity contribution >= 4 is 7.82 Å². The molecule has 0 radical (unpaired) electrons. The van der Waals surface area contributed by atoms with Crippen LogP contribution in [0.1, 0.15) is 22.3 Å². The summed E-state index contributed by atoms with van der Waals surface area (Å²) in [6, 6.07) is 16.1. The van der Waals surface area contributed by atoms with Crippen LogP contribution in [0.2, 0.25) is 0 Å². The van der Waals surface area contributed by atoms with Crippen LogP contribution in [0.4, 0.5) is 0 Å². The monoisotopic (exact) mass is 330 g/mol. The van der Waals surface area contributed by atoms with E-state index in [9.17, 15) is 9.46 Å². The number of hydrogen-bond acceptors (Lipinski definition) is 3. The maximum atomic E-state index is 12.3. The van der Waals surface area contributed by atoms with E-state index in [1.54, 1.807) is 0 Å². The Kier molecular flexibility index (Phi) is 3.86. The van der Waals surface area contributed by atoms with Gasteiger partial charge in [-0.15, -0.1) is 0 Å². The molecule has 1 N–H and O–H groups in total. The molecule has 0 heterocycles. The van der Waals surface area contributed by atoms with Crippen molar-refractivity contribution in [2.24, 2.45) is 0 Å². The summed E-state index contributed by atoms with van der Waals surface area (Å²) in [5.74, 6) is 0. The average molecular weight is 330 g/mol. The Hall–Kier alpha value is -1.45. The molecule has 120 valence electrons. The van der Waals surface area contributed by atoms with Gasteiger partial charge in [0.15, 0.2) is 0 Å². The summed E-state index contributed by atoms with van der Waals surface area (Å²) >= 11 is 0. The summed E-state index contributed by atoms with van der Waals surface area (Å²) in [6.07, 6.45) is 2.08. The maximum Gasteiger partial charge on any atom is 0.472 e. The molecule has 0 atom stereocenters. The third-order valence-corrected chi connectivity index (χ3v) is 5.72. The number of fused-ring (bicyclic) bond motifs is 2. The molecular formula is C18H19O4P. The van der Waals surface area contributed by atoms with Crippen LogP contribution in [0.3, 0.4) is 0 Å². The number of phosphoric acid groups is 1. The fourth-order valence-corrected chi connectivity index (χ4v) is 4.69. The smallest absolute Gasteiger partial charge is 0.302 e. The van der Waals surface area contributed by atoms with Crippen molar-refractivity contribution in [3.05, 3.63) is 70.8 Å². The Morgan fingerprint density at radius 3 is 1.35 bits per heavy atom. The van der Waals surface area contributed by atoms with Gasteiger partial charge in [0.2, 0.25) is 0 Å². The van der Waals surface area contributed by atoms with E-state index < -0.39 is 7.82 Å². The van der Waals surface area contributed by atoms with Gasteiger partial charge in [0.1, 0.15) is 0 Å². The second kappa shape index (κ2) is 5.88. The van der Waals surface area contributed by atoms with Gasteiger partial charge in [-0.3, -0.25) is 9.05 Å². The van der Waals surface area contributed by atoms with Crippen LogP contribution in [-0.2, 0) is 39.3 Å². The lowest BCUT2D eigenvalue weighted by molar-refractivity contribution is 0.0806. The third kappa shape index (κ3) is 3.26. The normalized spacial score (nSPS) is 18.1. The van der Waals surface area contributed by atoms with E-state index in [0.29, 0.717) is 25.7 Å². The fraction of sp³-hybridized carbons (Fsp3) is 0.333. The van der Waals surface area contributed by atoms with Gasteiger partial charge in [0, 0.05) is 0 Å².